The van der Waals surface area contributed by atoms with Gasteiger partial charge in [-0.3, -0.25) is 0 Å². The minimum absolute atomic E-state index is 0.195. The van der Waals surface area contributed by atoms with Crippen molar-refractivity contribution in [2.75, 3.05) is 0 Å². The molecular formula is C18H13FS. The van der Waals surface area contributed by atoms with Crippen LogP contribution in [0.15, 0.2) is 77.7 Å². The molecule has 0 unspecified atom stereocenters. The van der Waals surface area contributed by atoms with Gasteiger partial charge in [-0.2, -0.15) is 0 Å². The van der Waals surface area contributed by atoms with Gasteiger partial charge in [0, 0.05) is 10.5 Å². The van der Waals surface area contributed by atoms with Crippen molar-refractivity contribution >= 4 is 12.6 Å². The van der Waals surface area contributed by atoms with E-state index in [4.69, 9.17) is 0 Å². The van der Waals surface area contributed by atoms with Gasteiger partial charge in [0.1, 0.15) is 5.82 Å². The fourth-order valence-corrected chi connectivity index (χ4v) is 2.34. The van der Waals surface area contributed by atoms with Gasteiger partial charge >= 0.3 is 0 Å². The number of halogens is 1. The molecule has 2 heteroatoms. The van der Waals surface area contributed by atoms with E-state index in [1.54, 1.807) is 12.1 Å². The Labute approximate surface area is 123 Å². The molecule has 0 saturated heterocycles. The highest BCUT2D eigenvalue weighted by Gasteiger charge is 2.04. The van der Waals surface area contributed by atoms with Crippen molar-refractivity contribution < 1.29 is 4.39 Å². The molecule has 0 radical (unpaired) electrons. The monoisotopic (exact) mass is 280 g/mol. The Kier molecular flexibility index (Phi) is 3.57. The molecule has 0 aliphatic heterocycles. The highest BCUT2D eigenvalue weighted by atomic mass is 32.1. The van der Waals surface area contributed by atoms with E-state index in [-0.39, 0.29) is 5.82 Å². The summed E-state index contributed by atoms with van der Waals surface area (Å²) in [6, 6.07) is 22.7. The van der Waals surface area contributed by atoms with Crippen LogP contribution in [0.25, 0.3) is 22.3 Å². The van der Waals surface area contributed by atoms with Gasteiger partial charge in [0.05, 0.1) is 0 Å². The van der Waals surface area contributed by atoms with Gasteiger partial charge < -0.3 is 0 Å². The Balaban J connectivity index is 1.96. The lowest BCUT2D eigenvalue weighted by atomic mass is 10.0. The van der Waals surface area contributed by atoms with Crippen molar-refractivity contribution in [3.05, 3.63) is 78.6 Å². The summed E-state index contributed by atoms with van der Waals surface area (Å²) in [6.45, 7) is 0. The third-order valence-electron chi connectivity index (χ3n) is 3.27. The van der Waals surface area contributed by atoms with Gasteiger partial charge in [-0.25, -0.2) is 4.39 Å². The second-order valence-corrected chi connectivity index (χ2v) is 5.12. The Morgan fingerprint density at radius 3 is 1.70 bits per heavy atom. The maximum atomic E-state index is 13.7. The van der Waals surface area contributed by atoms with Crippen LogP contribution in [0.5, 0.6) is 0 Å². The van der Waals surface area contributed by atoms with Crippen LogP contribution < -0.4 is 0 Å². The Bertz CT molecular complexity index is 715. The molecule has 0 aliphatic rings. The summed E-state index contributed by atoms with van der Waals surface area (Å²) in [5.41, 5.74) is 3.75. The van der Waals surface area contributed by atoms with E-state index in [9.17, 15) is 4.39 Å². The zero-order chi connectivity index (χ0) is 13.9. The van der Waals surface area contributed by atoms with Crippen molar-refractivity contribution in [3.8, 4) is 22.3 Å². The zero-order valence-electron chi connectivity index (χ0n) is 10.8. The SMILES string of the molecule is Fc1ccccc1-c1ccc(-c2ccc(S)cc2)cc1. The molecule has 3 aromatic rings. The standard InChI is InChI=1S/C18H13FS/c19-18-4-2-1-3-17(18)15-7-5-13(6-8-15)14-9-11-16(20)12-10-14/h1-12,20H. The predicted molar refractivity (Wildman–Crippen MR) is 84.5 cm³/mol. The lowest BCUT2D eigenvalue weighted by molar-refractivity contribution is 0.631. The summed E-state index contributed by atoms with van der Waals surface area (Å²) in [6.07, 6.45) is 0. The van der Waals surface area contributed by atoms with Gasteiger partial charge in [-0.1, -0.05) is 54.6 Å². The predicted octanol–water partition coefficient (Wildman–Crippen LogP) is 5.45. The van der Waals surface area contributed by atoms with E-state index in [0.717, 1.165) is 21.6 Å². The molecule has 0 fully saturated rings. The van der Waals surface area contributed by atoms with Crippen LogP contribution in [-0.2, 0) is 0 Å². The van der Waals surface area contributed by atoms with Crippen molar-refractivity contribution in [3.63, 3.8) is 0 Å². The molecule has 0 heterocycles. The first-order chi connectivity index (χ1) is 9.74. The van der Waals surface area contributed by atoms with E-state index < -0.39 is 0 Å². The average Bonchev–Trinajstić information content (AvgIpc) is 2.49. The van der Waals surface area contributed by atoms with E-state index in [1.807, 2.05) is 54.6 Å². The molecule has 0 aliphatic carbocycles. The van der Waals surface area contributed by atoms with Crippen molar-refractivity contribution in [2.24, 2.45) is 0 Å². The smallest absolute Gasteiger partial charge is 0.131 e. The van der Waals surface area contributed by atoms with Crippen molar-refractivity contribution in [2.45, 2.75) is 4.90 Å². The molecule has 0 saturated carbocycles. The molecule has 3 rings (SSSR count). The molecule has 0 aromatic heterocycles. The number of thiol groups is 1. The van der Waals surface area contributed by atoms with Gasteiger partial charge in [-0.05, 0) is 34.9 Å². The Morgan fingerprint density at radius 2 is 1.10 bits per heavy atom. The fourth-order valence-electron chi connectivity index (χ4n) is 2.19. The molecule has 98 valence electrons. The Morgan fingerprint density at radius 1 is 0.600 bits per heavy atom. The molecular weight excluding hydrogens is 267 g/mol. The molecule has 0 N–H and O–H groups in total. The Hall–Kier alpha value is -2.06. The first-order valence-electron chi connectivity index (χ1n) is 6.38. The first-order valence-corrected chi connectivity index (χ1v) is 6.83. The lowest BCUT2D eigenvalue weighted by Crippen LogP contribution is -1.84. The molecule has 0 nitrogen and oxygen atoms in total. The minimum atomic E-state index is -0.195. The summed E-state index contributed by atoms with van der Waals surface area (Å²) in [5, 5.41) is 0. The average molecular weight is 280 g/mol. The normalized spacial score (nSPS) is 10.5. The molecule has 3 aromatic carbocycles. The number of hydrogen-bond acceptors (Lipinski definition) is 1. The van der Waals surface area contributed by atoms with Gasteiger partial charge in [0.25, 0.3) is 0 Å². The largest absolute Gasteiger partial charge is 0.206 e. The molecule has 0 spiro atoms. The molecule has 20 heavy (non-hydrogen) atoms. The highest BCUT2D eigenvalue weighted by molar-refractivity contribution is 7.80. The second kappa shape index (κ2) is 5.51. The second-order valence-electron chi connectivity index (χ2n) is 4.60. The van der Waals surface area contributed by atoms with E-state index in [1.165, 1.54) is 6.07 Å². The van der Waals surface area contributed by atoms with E-state index in [0.29, 0.717) is 5.56 Å². The lowest BCUT2D eigenvalue weighted by Gasteiger charge is -2.06. The van der Waals surface area contributed by atoms with E-state index >= 15 is 0 Å². The third kappa shape index (κ3) is 2.61. The van der Waals surface area contributed by atoms with Crippen LogP contribution >= 0.6 is 12.6 Å². The zero-order valence-corrected chi connectivity index (χ0v) is 11.6. The summed E-state index contributed by atoms with van der Waals surface area (Å²) in [5.74, 6) is -0.195. The molecule has 0 atom stereocenters. The van der Waals surface area contributed by atoms with Crippen LogP contribution in [-0.4, -0.2) is 0 Å². The topological polar surface area (TPSA) is 0 Å². The van der Waals surface area contributed by atoms with Crippen LogP contribution in [0.3, 0.4) is 0 Å². The molecule has 0 amide bonds. The first kappa shape index (κ1) is 12.9. The summed E-state index contributed by atoms with van der Waals surface area (Å²) < 4.78 is 13.7. The summed E-state index contributed by atoms with van der Waals surface area (Å²) in [4.78, 5) is 0.941. The van der Waals surface area contributed by atoms with Gasteiger partial charge in [0.15, 0.2) is 0 Å². The number of hydrogen-bond donors (Lipinski definition) is 1. The molecule has 0 bridgehead atoms. The third-order valence-corrected chi connectivity index (χ3v) is 3.57. The van der Waals surface area contributed by atoms with Crippen molar-refractivity contribution in [1.82, 2.24) is 0 Å². The summed E-state index contributed by atoms with van der Waals surface area (Å²) >= 11 is 4.28. The van der Waals surface area contributed by atoms with Crippen LogP contribution in [0.1, 0.15) is 0 Å². The van der Waals surface area contributed by atoms with Crippen LogP contribution in [0, 0.1) is 5.82 Å². The number of rotatable bonds is 2. The van der Waals surface area contributed by atoms with Gasteiger partial charge in [-0.15, -0.1) is 12.6 Å². The van der Waals surface area contributed by atoms with Crippen molar-refractivity contribution in [1.29, 1.82) is 0 Å². The van der Waals surface area contributed by atoms with Gasteiger partial charge in [0.2, 0.25) is 0 Å². The van der Waals surface area contributed by atoms with E-state index in [2.05, 4.69) is 12.6 Å². The highest BCUT2D eigenvalue weighted by Crippen LogP contribution is 2.26. The maximum absolute atomic E-state index is 13.7. The van der Waals surface area contributed by atoms with Crippen LogP contribution in [0.4, 0.5) is 4.39 Å². The van der Waals surface area contributed by atoms with Crippen LogP contribution in [0.2, 0.25) is 0 Å². The maximum Gasteiger partial charge on any atom is 0.131 e. The fraction of sp³-hybridized carbons (Fsp3) is 0. The summed E-state index contributed by atoms with van der Waals surface area (Å²) in [7, 11) is 0. The minimum Gasteiger partial charge on any atom is -0.206 e. The quantitative estimate of drug-likeness (QED) is 0.593. The number of benzene rings is 3.